The van der Waals surface area contributed by atoms with Crippen molar-refractivity contribution in [1.29, 1.82) is 0 Å². The van der Waals surface area contributed by atoms with Crippen molar-refractivity contribution in [2.45, 2.75) is 50.6 Å². The number of benzene rings is 1. The average molecular weight is 386 g/mol. The fourth-order valence-electron chi connectivity index (χ4n) is 4.25. The number of thiazole rings is 1. The van der Waals surface area contributed by atoms with E-state index in [0.717, 1.165) is 31.0 Å². The van der Waals surface area contributed by atoms with E-state index in [2.05, 4.69) is 49.4 Å². The Labute approximate surface area is 161 Å². The maximum Gasteiger partial charge on any atom is 0.153 e. The standard InChI is InChI=1S/C19H20ClN5S/c20-24-11-15-3-1-2-4-16(15)25-17(12-24)22-23-18(25)13-5-7-14(8-6-13)19-21-9-10-26-19/h1-4,9-10,13-14H,5-8,11-12H2. The van der Waals surface area contributed by atoms with Crippen LogP contribution in [0.1, 0.15) is 59.7 Å². The minimum Gasteiger partial charge on any atom is -0.281 e. The molecule has 0 N–H and O–H groups in total. The summed E-state index contributed by atoms with van der Waals surface area (Å²) in [4.78, 5) is 4.51. The van der Waals surface area contributed by atoms with Gasteiger partial charge in [0.1, 0.15) is 5.82 Å². The molecule has 7 heteroatoms. The van der Waals surface area contributed by atoms with Crippen molar-refractivity contribution in [3.05, 3.63) is 58.1 Å². The van der Waals surface area contributed by atoms with E-state index in [1.165, 1.54) is 29.1 Å². The molecular formula is C19H20ClN5S. The fourth-order valence-corrected chi connectivity index (χ4v) is 5.30. The first-order valence-electron chi connectivity index (χ1n) is 9.12. The summed E-state index contributed by atoms with van der Waals surface area (Å²) in [5, 5.41) is 12.4. The Morgan fingerprint density at radius 2 is 1.81 bits per heavy atom. The van der Waals surface area contributed by atoms with E-state index in [9.17, 15) is 0 Å². The number of rotatable bonds is 2. The van der Waals surface area contributed by atoms with Gasteiger partial charge in [0, 0.05) is 30.0 Å². The van der Waals surface area contributed by atoms with Gasteiger partial charge in [-0.3, -0.25) is 4.57 Å². The Bertz CT molecular complexity index is 899. The Morgan fingerprint density at radius 1 is 1.00 bits per heavy atom. The molecule has 1 fully saturated rings. The Balaban J connectivity index is 1.46. The highest BCUT2D eigenvalue weighted by Gasteiger charge is 2.31. The molecule has 134 valence electrons. The van der Waals surface area contributed by atoms with Crippen molar-refractivity contribution >= 4 is 23.1 Å². The summed E-state index contributed by atoms with van der Waals surface area (Å²) in [6.07, 6.45) is 6.52. The molecule has 1 saturated carbocycles. The van der Waals surface area contributed by atoms with Crippen LogP contribution in [0.4, 0.5) is 0 Å². The molecule has 0 unspecified atom stereocenters. The molecule has 3 aromatic rings. The van der Waals surface area contributed by atoms with Gasteiger partial charge in [-0.1, -0.05) is 18.2 Å². The number of fused-ring (bicyclic) bond motifs is 3. The quantitative estimate of drug-likeness (QED) is 0.603. The van der Waals surface area contributed by atoms with Crippen LogP contribution in [0.5, 0.6) is 0 Å². The van der Waals surface area contributed by atoms with Crippen molar-refractivity contribution < 1.29 is 0 Å². The molecule has 1 aromatic carbocycles. The lowest BCUT2D eigenvalue weighted by atomic mass is 9.82. The van der Waals surface area contributed by atoms with E-state index in [0.29, 0.717) is 18.4 Å². The fraction of sp³-hybridized carbons (Fsp3) is 0.421. The second-order valence-corrected chi connectivity index (χ2v) is 8.54. The number of hydrogen-bond donors (Lipinski definition) is 0. The third-order valence-electron chi connectivity index (χ3n) is 5.54. The van der Waals surface area contributed by atoms with E-state index < -0.39 is 0 Å². The smallest absolute Gasteiger partial charge is 0.153 e. The summed E-state index contributed by atoms with van der Waals surface area (Å²) >= 11 is 8.17. The monoisotopic (exact) mass is 385 g/mol. The molecule has 26 heavy (non-hydrogen) atoms. The van der Waals surface area contributed by atoms with E-state index in [4.69, 9.17) is 11.8 Å². The van der Waals surface area contributed by atoms with Gasteiger partial charge in [-0.15, -0.1) is 21.5 Å². The zero-order valence-corrected chi connectivity index (χ0v) is 16.0. The molecule has 1 aliphatic carbocycles. The third-order valence-corrected chi connectivity index (χ3v) is 6.71. The summed E-state index contributed by atoms with van der Waals surface area (Å²) in [5.41, 5.74) is 2.39. The van der Waals surface area contributed by atoms with Crippen molar-refractivity contribution in [2.75, 3.05) is 0 Å². The Kier molecular flexibility index (Phi) is 4.27. The normalized spacial score (nSPS) is 23.3. The molecule has 0 amide bonds. The number of nitrogens with zero attached hydrogens (tertiary/aromatic N) is 5. The van der Waals surface area contributed by atoms with Crippen LogP contribution in [0.25, 0.3) is 5.69 Å². The van der Waals surface area contributed by atoms with Gasteiger partial charge in [0.15, 0.2) is 5.82 Å². The maximum atomic E-state index is 6.39. The third kappa shape index (κ3) is 2.86. The summed E-state index contributed by atoms with van der Waals surface area (Å²) in [5.74, 6) is 3.07. The lowest BCUT2D eigenvalue weighted by Gasteiger charge is -2.27. The first kappa shape index (κ1) is 16.4. The predicted molar refractivity (Wildman–Crippen MR) is 103 cm³/mol. The second-order valence-electron chi connectivity index (χ2n) is 7.14. The highest BCUT2D eigenvalue weighted by molar-refractivity contribution is 7.09. The minimum absolute atomic E-state index is 0.447. The molecule has 5 rings (SSSR count). The number of hydrogen-bond acceptors (Lipinski definition) is 5. The van der Waals surface area contributed by atoms with Gasteiger partial charge in [0.05, 0.1) is 17.2 Å². The highest BCUT2D eigenvalue weighted by Crippen LogP contribution is 2.41. The van der Waals surface area contributed by atoms with Crippen LogP contribution < -0.4 is 0 Å². The minimum atomic E-state index is 0.447. The van der Waals surface area contributed by atoms with Crippen LogP contribution in [0.15, 0.2) is 35.8 Å². The van der Waals surface area contributed by atoms with Crippen LogP contribution in [0.3, 0.4) is 0 Å². The number of para-hydroxylation sites is 1. The number of aromatic nitrogens is 4. The topological polar surface area (TPSA) is 46.8 Å². The van der Waals surface area contributed by atoms with Crippen LogP contribution in [0.2, 0.25) is 0 Å². The number of halogens is 1. The highest BCUT2D eigenvalue weighted by atomic mass is 35.5. The van der Waals surface area contributed by atoms with E-state index in [-0.39, 0.29) is 0 Å². The van der Waals surface area contributed by atoms with E-state index in [1.807, 2.05) is 6.20 Å². The second kappa shape index (κ2) is 6.76. The maximum absolute atomic E-state index is 6.39. The van der Waals surface area contributed by atoms with Gasteiger partial charge in [0.2, 0.25) is 0 Å². The van der Waals surface area contributed by atoms with Gasteiger partial charge in [-0.05, 0) is 49.1 Å². The molecule has 2 aromatic heterocycles. The van der Waals surface area contributed by atoms with Crippen molar-refractivity contribution in [3.63, 3.8) is 0 Å². The van der Waals surface area contributed by atoms with Gasteiger partial charge < -0.3 is 0 Å². The Hall–Kier alpha value is -1.76. The van der Waals surface area contributed by atoms with Crippen LogP contribution in [-0.4, -0.2) is 24.2 Å². The van der Waals surface area contributed by atoms with Gasteiger partial charge in [-0.2, -0.15) is 0 Å². The largest absolute Gasteiger partial charge is 0.281 e. The van der Waals surface area contributed by atoms with Crippen LogP contribution in [0, 0.1) is 0 Å². The Morgan fingerprint density at radius 3 is 2.62 bits per heavy atom. The molecule has 2 aliphatic rings. The molecular weight excluding hydrogens is 366 g/mol. The zero-order chi connectivity index (χ0) is 17.5. The molecule has 5 nitrogen and oxygen atoms in total. The molecule has 0 radical (unpaired) electrons. The van der Waals surface area contributed by atoms with Gasteiger partial charge in [-0.25, -0.2) is 9.40 Å². The molecule has 0 bridgehead atoms. The molecule has 0 atom stereocenters. The summed E-state index contributed by atoms with van der Waals surface area (Å²) in [6, 6.07) is 8.44. The molecule has 1 aliphatic heterocycles. The molecule has 0 saturated heterocycles. The van der Waals surface area contributed by atoms with Gasteiger partial charge in [0.25, 0.3) is 0 Å². The van der Waals surface area contributed by atoms with Crippen molar-refractivity contribution in [3.8, 4) is 5.69 Å². The van der Waals surface area contributed by atoms with Crippen LogP contribution >= 0.6 is 23.1 Å². The lowest BCUT2D eigenvalue weighted by molar-refractivity contribution is 0.381. The first-order valence-corrected chi connectivity index (χ1v) is 10.3. The summed E-state index contributed by atoms with van der Waals surface area (Å²) < 4.78 is 4.04. The predicted octanol–water partition coefficient (Wildman–Crippen LogP) is 4.63. The van der Waals surface area contributed by atoms with Crippen LogP contribution in [-0.2, 0) is 13.1 Å². The average Bonchev–Trinajstić information content (AvgIpc) is 3.30. The van der Waals surface area contributed by atoms with Crippen molar-refractivity contribution in [1.82, 2.24) is 24.2 Å². The zero-order valence-electron chi connectivity index (χ0n) is 14.4. The first-order chi connectivity index (χ1) is 12.8. The van der Waals surface area contributed by atoms with E-state index >= 15 is 0 Å². The van der Waals surface area contributed by atoms with E-state index in [1.54, 1.807) is 15.8 Å². The van der Waals surface area contributed by atoms with Gasteiger partial charge >= 0.3 is 0 Å². The van der Waals surface area contributed by atoms with Crippen molar-refractivity contribution in [2.24, 2.45) is 0 Å². The summed E-state index contributed by atoms with van der Waals surface area (Å²) in [7, 11) is 0. The molecule has 3 heterocycles. The summed E-state index contributed by atoms with van der Waals surface area (Å²) in [6.45, 7) is 1.33. The molecule has 0 spiro atoms. The SMILES string of the molecule is ClN1Cc2ccccc2-n2c(nnc2C2CCC(c3nccs3)CC2)C1. The lowest BCUT2D eigenvalue weighted by Crippen LogP contribution is -2.16.